The van der Waals surface area contributed by atoms with Gasteiger partial charge in [0.2, 0.25) is 0 Å². The standard InChI is InChI=1S/C18H18O2S/c1-20-14-10-8-13(9-11-14)12-21-18-7-3-4-15-16(18)5-2-6-17(15)19/h3-4,7-11H,2,5-6,12H2,1H3. The normalized spacial score (nSPS) is 13.9. The third-order valence-electron chi connectivity index (χ3n) is 3.82. The average Bonchev–Trinajstić information content (AvgIpc) is 2.54. The van der Waals surface area contributed by atoms with E-state index in [1.807, 2.05) is 36.0 Å². The molecule has 3 heteroatoms. The number of ketones is 1. The SMILES string of the molecule is COc1ccc(CSc2cccc3c2CCCC3=O)cc1. The smallest absolute Gasteiger partial charge is 0.163 e. The first-order chi connectivity index (χ1) is 10.3. The number of rotatable bonds is 4. The van der Waals surface area contributed by atoms with Crippen molar-refractivity contribution in [3.8, 4) is 5.75 Å². The van der Waals surface area contributed by atoms with E-state index in [1.54, 1.807) is 7.11 Å². The van der Waals surface area contributed by atoms with Crippen LogP contribution in [-0.4, -0.2) is 12.9 Å². The number of carbonyl (C=O) groups excluding carboxylic acids is 1. The molecule has 0 N–H and O–H groups in total. The summed E-state index contributed by atoms with van der Waals surface area (Å²) >= 11 is 1.81. The van der Waals surface area contributed by atoms with Gasteiger partial charge in [-0.1, -0.05) is 24.3 Å². The molecule has 3 rings (SSSR count). The lowest BCUT2D eigenvalue weighted by molar-refractivity contribution is 0.0972. The monoisotopic (exact) mass is 298 g/mol. The Hall–Kier alpha value is -1.74. The van der Waals surface area contributed by atoms with Crippen LogP contribution in [0.2, 0.25) is 0 Å². The van der Waals surface area contributed by atoms with Crippen molar-refractivity contribution in [2.75, 3.05) is 7.11 Å². The van der Waals surface area contributed by atoms with Gasteiger partial charge in [0, 0.05) is 22.6 Å². The summed E-state index contributed by atoms with van der Waals surface area (Å²) in [6, 6.07) is 14.2. The molecule has 0 aliphatic heterocycles. The van der Waals surface area contributed by atoms with Crippen LogP contribution in [0.25, 0.3) is 0 Å². The van der Waals surface area contributed by atoms with Crippen LogP contribution in [0, 0.1) is 0 Å². The van der Waals surface area contributed by atoms with Crippen molar-refractivity contribution in [1.29, 1.82) is 0 Å². The molecule has 1 aliphatic rings. The van der Waals surface area contributed by atoms with Crippen molar-refractivity contribution in [1.82, 2.24) is 0 Å². The predicted molar refractivity (Wildman–Crippen MR) is 86.3 cm³/mol. The molecule has 2 nitrogen and oxygen atoms in total. The van der Waals surface area contributed by atoms with Crippen molar-refractivity contribution in [2.24, 2.45) is 0 Å². The van der Waals surface area contributed by atoms with Gasteiger partial charge in [0.15, 0.2) is 5.78 Å². The van der Waals surface area contributed by atoms with E-state index < -0.39 is 0 Å². The van der Waals surface area contributed by atoms with E-state index in [9.17, 15) is 4.79 Å². The number of benzene rings is 2. The van der Waals surface area contributed by atoms with Gasteiger partial charge < -0.3 is 4.74 Å². The Morgan fingerprint density at radius 1 is 1.10 bits per heavy atom. The number of thioether (sulfide) groups is 1. The lowest BCUT2D eigenvalue weighted by Crippen LogP contribution is -2.11. The highest BCUT2D eigenvalue weighted by atomic mass is 32.2. The third kappa shape index (κ3) is 3.13. The van der Waals surface area contributed by atoms with E-state index in [1.165, 1.54) is 16.0 Å². The van der Waals surface area contributed by atoms with E-state index in [0.29, 0.717) is 12.2 Å². The van der Waals surface area contributed by atoms with Crippen molar-refractivity contribution < 1.29 is 9.53 Å². The van der Waals surface area contributed by atoms with Gasteiger partial charge in [-0.15, -0.1) is 11.8 Å². The quantitative estimate of drug-likeness (QED) is 0.777. The van der Waals surface area contributed by atoms with E-state index in [0.717, 1.165) is 29.9 Å². The molecule has 2 aromatic rings. The van der Waals surface area contributed by atoms with Gasteiger partial charge in [0.25, 0.3) is 0 Å². The molecule has 0 unspecified atom stereocenters. The van der Waals surface area contributed by atoms with E-state index >= 15 is 0 Å². The number of ether oxygens (including phenoxy) is 1. The van der Waals surface area contributed by atoms with Gasteiger partial charge >= 0.3 is 0 Å². The summed E-state index contributed by atoms with van der Waals surface area (Å²) in [5.41, 5.74) is 3.44. The molecule has 21 heavy (non-hydrogen) atoms. The minimum absolute atomic E-state index is 0.295. The topological polar surface area (TPSA) is 26.3 Å². The van der Waals surface area contributed by atoms with Crippen molar-refractivity contribution in [3.05, 3.63) is 59.2 Å². The molecule has 1 aliphatic carbocycles. The van der Waals surface area contributed by atoms with Gasteiger partial charge in [0.1, 0.15) is 5.75 Å². The lowest BCUT2D eigenvalue weighted by atomic mass is 9.91. The van der Waals surface area contributed by atoms with E-state index in [4.69, 9.17) is 4.74 Å². The third-order valence-corrected chi connectivity index (χ3v) is 4.99. The lowest BCUT2D eigenvalue weighted by Gasteiger charge is -2.18. The summed E-state index contributed by atoms with van der Waals surface area (Å²) in [6.07, 6.45) is 2.69. The molecule has 0 saturated carbocycles. The molecular formula is C18H18O2S. The summed E-state index contributed by atoms with van der Waals surface area (Å²) in [4.78, 5) is 13.2. The van der Waals surface area contributed by atoms with E-state index in [2.05, 4.69) is 18.2 Å². The van der Waals surface area contributed by atoms with Crippen LogP contribution >= 0.6 is 11.8 Å². The summed E-state index contributed by atoms with van der Waals surface area (Å²) in [7, 11) is 1.68. The Bertz CT molecular complexity index is 647. The Kier molecular flexibility index (Phi) is 4.30. The fourth-order valence-corrected chi connectivity index (χ4v) is 3.74. The highest BCUT2D eigenvalue weighted by Gasteiger charge is 2.19. The molecule has 0 amide bonds. The summed E-state index contributed by atoms with van der Waals surface area (Å²) < 4.78 is 5.17. The fourth-order valence-electron chi connectivity index (χ4n) is 2.66. The highest BCUT2D eigenvalue weighted by molar-refractivity contribution is 7.98. The van der Waals surface area contributed by atoms with E-state index in [-0.39, 0.29) is 0 Å². The van der Waals surface area contributed by atoms with Gasteiger partial charge in [0.05, 0.1) is 7.11 Å². The number of methoxy groups -OCH3 is 1. The first-order valence-electron chi connectivity index (χ1n) is 7.19. The van der Waals surface area contributed by atoms with Gasteiger partial charge in [-0.25, -0.2) is 0 Å². The Morgan fingerprint density at radius 3 is 2.67 bits per heavy atom. The molecule has 108 valence electrons. The zero-order chi connectivity index (χ0) is 14.7. The molecule has 2 aromatic carbocycles. The van der Waals surface area contributed by atoms with Crippen LogP contribution in [-0.2, 0) is 12.2 Å². The largest absolute Gasteiger partial charge is 0.497 e. The first kappa shape index (κ1) is 14.2. The zero-order valence-electron chi connectivity index (χ0n) is 12.1. The van der Waals surface area contributed by atoms with Crippen molar-refractivity contribution in [2.45, 2.75) is 29.9 Å². The Labute approximate surface area is 129 Å². The van der Waals surface area contributed by atoms with Gasteiger partial charge in [-0.05, 0) is 42.2 Å². The molecule has 0 fully saturated rings. The van der Waals surface area contributed by atoms with Crippen LogP contribution in [0.15, 0.2) is 47.4 Å². The van der Waals surface area contributed by atoms with Crippen LogP contribution in [0.4, 0.5) is 0 Å². The fraction of sp³-hybridized carbons (Fsp3) is 0.278. The highest BCUT2D eigenvalue weighted by Crippen LogP contribution is 2.32. The maximum Gasteiger partial charge on any atom is 0.163 e. The molecule has 0 aromatic heterocycles. The molecule has 0 saturated heterocycles. The maximum atomic E-state index is 12.0. The Balaban J connectivity index is 1.76. The molecule has 0 bridgehead atoms. The van der Waals surface area contributed by atoms with Crippen molar-refractivity contribution >= 4 is 17.5 Å². The average molecular weight is 298 g/mol. The number of fused-ring (bicyclic) bond motifs is 1. The second-order valence-corrected chi connectivity index (χ2v) is 6.21. The number of Topliss-reactive ketones (excluding diaryl/α,β-unsaturated/α-hetero) is 1. The molecule has 0 atom stereocenters. The zero-order valence-corrected chi connectivity index (χ0v) is 12.9. The second kappa shape index (κ2) is 6.35. The Morgan fingerprint density at radius 2 is 1.90 bits per heavy atom. The van der Waals surface area contributed by atoms with Gasteiger partial charge in [-0.2, -0.15) is 0 Å². The van der Waals surface area contributed by atoms with Crippen molar-refractivity contribution in [3.63, 3.8) is 0 Å². The minimum atomic E-state index is 0.295. The maximum absolute atomic E-state index is 12.0. The minimum Gasteiger partial charge on any atom is -0.497 e. The van der Waals surface area contributed by atoms with Gasteiger partial charge in [-0.3, -0.25) is 4.79 Å². The summed E-state index contributed by atoms with van der Waals surface area (Å²) in [5, 5.41) is 0. The summed E-state index contributed by atoms with van der Waals surface area (Å²) in [6.45, 7) is 0. The van der Waals surface area contributed by atoms with Crippen LogP contribution < -0.4 is 4.74 Å². The molecule has 0 radical (unpaired) electrons. The number of hydrogen-bond acceptors (Lipinski definition) is 3. The number of hydrogen-bond donors (Lipinski definition) is 0. The molecule has 0 spiro atoms. The van der Waals surface area contributed by atoms with Crippen LogP contribution in [0.5, 0.6) is 5.75 Å². The van der Waals surface area contributed by atoms with Crippen LogP contribution in [0.3, 0.4) is 0 Å². The molecular weight excluding hydrogens is 280 g/mol. The number of carbonyl (C=O) groups is 1. The van der Waals surface area contributed by atoms with Crippen LogP contribution in [0.1, 0.15) is 34.3 Å². The molecule has 0 heterocycles. The summed E-state index contributed by atoms with van der Waals surface area (Å²) in [5.74, 6) is 2.09. The second-order valence-electron chi connectivity index (χ2n) is 5.20. The predicted octanol–water partition coefficient (Wildman–Crippen LogP) is 4.51. The first-order valence-corrected chi connectivity index (χ1v) is 8.17.